The molecular formula is C23H25N5. The molecule has 0 aliphatic carbocycles. The van der Waals surface area contributed by atoms with Gasteiger partial charge in [0, 0.05) is 6.42 Å². The van der Waals surface area contributed by atoms with Crippen LogP contribution in [-0.2, 0) is 13.0 Å². The maximum atomic E-state index is 6.03. The van der Waals surface area contributed by atoms with Crippen LogP contribution in [-0.4, -0.2) is 19.5 Å². The van der Waals surface area contributed by atoms with Gasteiger partial charge in [0.2, 0.25) is 0 Å². The molecule has 4 rings (SSSR count). The monoisotopic (exact) mass is 371 g/mol. The molecule has 0 atom stereocenters. The third-order valence-electron chi connectivity index (χ3n) is 5.14. The minimum Gasteiger partial charge on any atom is -0.382 e. The smallest absolute Gasteiger partial charge is 0.165 e. The van der Waals surface area contributed by atoms with Gasteiger partial charge < -0.3 is 10.3 Å². The van der Waals surface area contributed by atoms with Crippen molar-refractivity contribution in [3.8, 4) is 11.1 Å². The van der Waals surface area contributed by atoms with Gasteiger partial charge in [-0.25, -0.2) is 15.0 Å². The molecule has 0 aliphatic heterocycles. The van der Waals surface area contributed by atoms with Crippen molar-refractivity contribution in [1.82, 2.24) is 19.5 Å². The summed E-state index contributed by atoms with van der Waals surface area (Å²) in [6.07, 6.45) is 4.63. The number of nitrogen functional groups attached to an aromatic ring is 1. The van der Waals surface area contributed by atoms with Gasteiger partial charge in [0.15, 0.2) is 17.0 Å². The summed E-state index contributed by atoms with van der Waals surface area (Å²) in [5, 5.41) is 0. The number of aryl methyl sites for hydroxylation is 2. The second kappa shape index (κ2) is 7.80. The molecule has 2 heterocycles. The van der Waals surface area contributed by atoms with Crippen molar-refractivity contribution >= 4 is 17.0 Å². The highest BCUT2D eigenvalue weighted by molar-refractivity contribution is 5.82. The Bertz CT molecular complexity index is 1100. The summed E-state index contributed by atoms with van der Waals surface area (Å²) in [5.41, 5.74) is 12.5. The molecule has 0 fully saturated rings. The molecule has 28 heavy (non-hydrogen) atoms. The Balaban J connectivity index is 1.68. The van der Waals surface area contributed by atoms with E-state index in [4.69, 9.17) is 10.7 Å². The predicted molar refractivity (Wildman–Crippen MR) is 114 cm³/mol. The highest BCUT2D eigenvalue weighted by atomic mass is 15.1. The summed E-state index contributed by atoms with van der Waals surface area (Å²) >= 11 is 0. The number of nitrogens with zero attached hydrogens (tertiary/aromatic N) is 4. The van der Waals surface area contributed by atoms with Crippen LogP contribution in [0.25, 0.3) is 22.3 Å². The van der Waals surface area contributed by atoms with E-state index >= 15 is 0 Å². The fourth-order valence-corrected chi connectivity index (χ4v) is 3.56. The van der Waals surface area contributed by atoms with E-state index in [0.717, 1.165) is 37.3 Å². The van der Waals surface area contributed by atoms with Crippen LogP contribution < -0.4 is 5.73 Å². The quantitative estimate of drug-likeness (QED) is 0.530. The lowest BCUT2D eigenvalue weighted by molar-refractivity contribution is 0.686. The van der Waals surface area contributed by atoms with Crippen LogP contribution in [0.15, 0.2) is 54.9 Å². The average Bonchev–Trinajstić information content (AvgIpc) is 3.06. The fraction of sp³-hybridized carbons (Fsp3) is 0.261. The molecule has 0 spiro atoms. The number of rotatable bonds is 6. The molecule has 0 amide bonds. The number of nitrogens with two attached hydrogens (primary N) is 1. The number of hydrogen-bond acceptors (Lipinski definition) is 4. The number of hydrogen-bond donors (Lipinski definition) is 1. The van der Waals surface area contributed by atoms with Crippen LogP contribution in [0.1, 0.15) is 36.7 Å². The van der Waals surface area contributed by atoms with E-state index in [1.165, 1.54) is 28.6 Å². The van der Waals surface area contributed by atoms with E-state index in [9.17, 15) is 0 Å². The Morgan fingerprint density at radius 2 is 1.79 bits per heavy atom. The normalized spacial score (nSPS) is 11.2. The van der Waals surface area contributed by atoms with E-state index in [1.807, 2.05) is 0 Å². The highest BCUT2D eigenvalue weighted by Crippen LogP contribution is 2.25. The zero-order valence-electron chi connectivity index (χ0n) is 16.4. The van der Waals surface area contributed by atoms with Gasteiger partial charge in [-0.2, -0.15) is 0 Å². The van der Waals surface area contributed by atoms with Gasteiger partial charge in [-0.15, -0.1) is 0 Å². The summed E-state index contributed by atoms with van der Waals surface area (Å²) < 4.78 is 2.17. The number of imidazole rings is 1. The maximum absolute atomic E-state index is 6.03. The Hall–Kier alpha value is -3.21. The van der Waals surface area contributed by atoms with E-state index in [1.54, 1.807) is 0 Å². The molecular weight excluding hydrogens is 346 g/mol. The van der Waals surface area contributed by atoms with Crippen molar-refractivity contribution in [1.29, 1.82) is 0 Å². The van der Waals surface area contributed by atoms with Crippen molar-refractivity contribution in [2.24, 2.45) is 0 Å². The Kier molecular flexibility index (Phi) is 5.06. The van der Waals surface area contributed by atoms with Crippen LogP contribution in [0.3, 0.4) is 0 Å². The van der Waals surface area contributed by atoms with Crippen molar-refractivity contribution in [3.63, 3.8) is 0 Å². The van der Waals surface area contributed by atoms with E-state index < -0.39 is 0 Å². The standard InChI is InChI=1S/C23H25N5/c1-3-4-9-20-27-21-22(24)25-15-26-23(21)28(20)14-17-10-12-18(13-11-17)19-8-6-5-7-16(19)2/h5-8,10-13,15H,3-4,9,14H2,1-2H3,(H2,24,25,26). The third kappa shape index (κ3) is 3.48. The largest absolute Gasteiger partial charge is 0.382 e. The first kappa shape index (κ1) is 18.2. The third-order valence-corrected chi connectivity index (χ3v) is 5.14. The molecule has 2 aromatic heterocycles. The summed E-state index contributed by atoms with van der Waals surface area (Å²) in [6.45, 7) is 5.05. The van der Waals surface area contributed by atoms with Gasteiger partial charge in [0.05, 0.1) is 6.54 Å². The fourth-order valence-electron chi connectivity index (χ4n) is 3.56. The Morgan fingerprint density at radius 3 is 2.54 bits per heavy atom. The first-order chi connectivity index (χ1) is 13.7. The van der Waals surface area contributed by atoms with Crippen molar-refractivity contribution in [2.45, 2.75) is 39.7 Å². The molecule has 0 saturated heterocycles. The minimum absolute atomic E-state index is 0.441. The van der Waals surface area contributed by atoms with Gasteiger partial charge in [0.1, 0.15) is 12.2 Å². The SMILES string of the molecule is CCCCc1nc2c(N)ncnc2n1Cc1ccc(-c2ccccc2C)cc1. The number of unbranched alkanes of at least 4 members (excludes halogenated alkanes) is 1. The molecule has 142 valence electrons. The van der Waals surface area contributed by atoms with Crippen LogP contribution in [0, 0.1) is 6.92 Å². The zero-order valence-corrected chi connectivity index (χ0v) is 16.4. The van der Waals surface area contributed by atoms with Gasteiger partial charge in [-0.3, -0.25) is 0 Å². The van der Waals surface area contributed by atoms with Crippen molar-refractivity contribution in [3.05, 3.63) is 71.8 Å². The second-order valence-corrected chi connectivity index (χ2v) is 7.16. The Labute approximate surface area is 165 Å². The van der Waals surface area contributed by atoms with Gasteiger partial charge in [-0.05, 0) is 35.6 Å². The molecule has 5 nitrogen and oxygen atoms in total. The number of aromatic nitrogens is 4. The molecule has 4 aromatic rings. The topological polar surface area (TPSA) is 69.6 Å². The van der Waals surface area contributed by atoms with Gasteiger partial charge >= 0.3 is 0 Å². The van der Waals surface area contributed by atoms with Crippen molar-refractivity contribution < 1.29 is 0 Å². The first-order valence-electron chi connectivity index (χ1n) is 9.78. The van der Waals surface area contributed by atoms with Gasteiger partial charge in [0.25, 0.3) is 0 Å². The number of anilines is 1. The molecule has 5 heteroatoms. The summed E-state index contributed by atoms with van der Waals surface area (Å²) in [5.74, 6) is 1.46. The summed E-state index contributed by atoms with van der Waals surface area (Å²) in [4.78, 5) is 13.3. The molecule has 0 saturated carbocycles. The van der Waals surface area contributed by atoms with E-state index in [0.29, 0.717) is 11.3 Å². The summed E-state index contributed by atoms with van der Waals surface area (Å²) in [7, 11) is 0. The average molecular weight is 371 g/mol. The van der Waals surface area contributed by atoms with Crippen LogP contribution in [0.5, 0.6) is 0 Å². The number of benzene rings is 2. The van der Waals surface area contributed by atoms with Crippen molar-refractivity contribution in [2.75, 3.05) is 5.73 Å². The lowest BCUT2D eigenvalue weighted by Gasteiger charge is -2.10. The maximum Gasteiger partial charge on any atom is 0.165 e. The lowest BCUT2D eigenvalue weighted by atomic mass is 9.99. The van der Waals surface area contributed by atoms with E-state index in [2.05, 4.69) is 76.9 Å². The van der Waals surface area contributed by atoms with Crippen LogP contribution >= 0.6 is 0 Å². The lowest BCUT2D eigenvalue weighted by Crippen LogP contribution is -2.06. The van der Waals surface area contributed by atoms with Gasteiger partial charge in [-0.1, -0.05) is 61.9 Å². The Morgan fingerprint density at radius 1 is 1.00 bits per heavy atom. The summed E-state index contributed by atoms with van der Waals surface area (Å²) in [6, 6.07) is 17.2. The van der Waals surface area contributed by atoms with E-state index in [-0.39, 0.29) is 0 Å². The van der Waals surface area contributed by atoms with Crippen LogP contribution in [0.2, 0.25) is 0 Å². The first-order valence-corrected chi connectivity index (χ1v) is 9.78. The van der Waals surface area contributed by atoms with Crippen LogP contribution in [0.4, 0.5) is 5.82 Å². The predicted octanol–water partition coefficient (Wildman–Crippen LogP) is 4.77. The zero-order chi connectivity index (χ0) is 19.5. The molecule has 0 unspecified atom stereocenters. The molecule has 0 radical (unpaired) electrons. The minimum atomic E-state index is 0.441. The molecule has 2 N–H and O–H groups in total. The molecule has 0 bridgehead atoms. The number of fused-ring (bicyclic) bond motifs is 1. The molecule has 2 aromatic carbocycles. The highest BCUT2D eigenvalue weighted by Gasteiger charge is 2.15. The second-order valence-electron chi connectivity index (χ2n) is 7.16. The molecule has 0 aliphatic rings.